The molecule has 6 heterocycles. The van der Waals surface area contributed by atoms with Gasteiger partial charge in [-0.25, -0.2) is 9.97 Å². The number of carbonyl (C=O) groups excluding carboxylic acids is 4. The number of hydrogen-bond acceptors (Lipinski definition) is 16. The van der Waals surface area contributed by atoms with Crippen LogP contribution in [0.4, 0.5) is 20.4 Å². The van der Waals surface area contributed by atoms with E-state index in [2.05, 4.69) is 114 Å². The van der Waals surface area contributed by atoms with Crippen molar-refractivity contribution in [3.63, 3.8) is 0 Å². The number of fused-ring (bicyclic) bond motifs is 2. The van der Waals surface area contributed by atoms with Gasteiger partial charge >= 0.3 is 24.1 Å². The van der Waals surface area contributed by atoms with Crippen LogP contribution < -0.4 is 10.6 Å². The zero-order valence-corrected chi connectivity index (χ0v) is 64.2. The van der Waals surface area contributed by atoms with Gasteiger partial charge in [-0.3, -0.25) is 28.3 Å². The van der Waals surface area contributed by atoms with Crippen LogP contribution in [0.5, 0.6) is 0 Å². The molecule has 4 aromatic heterocycles. The van der Waals surface area contributed by atoms with Crippen molar-refractivity contribution in [3.8, 4) is 24.7 Å². The number of unbranched alkanes of at least 4 members (excludes halogenated alkanes) is 32. The van der Waals surface area contributed by atoms with Crippen LogP contribution in [-0.2, 0) is 42.6 Å². The van der Waals surface area contributed by atoms with Crippen molar-refractivity contribution in [3.05, 3.63) is 24.8 Å². The number of hydrogen-bond donors (Lipinski definition) is 3. The third-order valence-corrected chi connectivity index (χ3v) is 24.6. The average Bonchev–Trinajstić information content (AvgIpc) is 1.48. The van der Waals surface area contributed by atoms with E-state index in [0.717, 1.165) is 83.5 Å². The number of rotatable bonds is 50. The predicted molar refractivity (Wildman–Crippen MR) is 398 cm³/mol. The van der Waals surface area contributed by atoms with Gasteiger partial charge < -0.3 is 39.1 Å². The Morgan fingerprint density at radius 1 is 0.525 bits per heavy atom. The highest BCUT2D eigenvalue weighted by Gasteiger charge is 2.54. The molecule has 23 heteroatoms. The fraction of sp³-hybridized carbons (Fsp3) is 0.769. The summed E-state index contributed by atoms with van der Waals surface area (Å²) in [5.74, 6) is 4.00. The van der Waals surface area contributed by atoms with Gasteiger partial charge in [0.1, 0.15) is 31.8 Å². The Hall–Kier alpha value is -5.98. The SMILES string of the molecule is C#C[C@]1(COC(=O)CCCCCCCCC)O[C@@H](n2cnc3c(NC(=O)CCCCCCCCCCCCC)nc(F)nc32)C[C@@H]1O.C#C[C@]1(COC(=O)CCCCCCCCC)O[C@@H](n2cnc3c(NC(=O)CCCCCCCCCCCCC)nc(F)nc32)C[C@@H]1O[Si](C)(C)C(C)(C)C. The summed E-state index contributed by atoms with van der Waals surface area (Å²) in [6.45, 7) is 19.0. The molecule has 3 N–H and O–H groups in total. The molecule has 2 amide bonds. The third-order valence-electron chi connectivity index (χ3n) is 20.1. The number of nitrogens with one attached hydrogen (secondary N) is 2. The van der Waals surface area contributed by atoms with Crippen LogP contribution in [0.3, 0.4) is 0 Å². The lowest BCUT2D eigenvalue weighted by Gasteiger charge is -2.41. The van der Waals surface area contributed by atoms with Crippen molar-refractivity contribution in [1.82, 2.24) is 39.0 Å². The van der Waals surface area contributed by atoms with Crippen molar-refractivity contribution in [2.75, 3.05) is 23.8 Å². The van der Waals surface area contributed by atoms with E-state index in [-0.39, 0.29) is 82.8 Å². The second-order valence-corrected chi connectivity index (χ2v) is 34.4. The Balaban J connectivity index is 0.000000367. The lowest BCUT2D eigenvalue weighted by atomic mass is 9.99. The molecular formula is C78H126F2N10O10Si. The maximum atomic E-state index is 14.9. The van der Waals surface area contributed by atoms with Gasteiger partial charge in [0.25, 0.3) is 0 Å². The number of ether oxygens (including phenoxy) is 4. The highest BCUT2D eigenvalue weighted by atomic mass is 28.4. The molecule has 0 saturated carbocycles. The molecule has 0 unspecified atom stereocenters. The number of amides is 2. The lowest BCUT2D eigenvalue weighted by Crippen LogP contribution is -2.52. The first-order valence-electron chi connectivity index (χ1n) is 39.0. The number of carbonyl (C=O) groups is 4. The number of aliphatic hydroxyl groups excluding tert-OH is 1. The highest BCUT2D eigenvalue weighted by Crippen LogP contribution is 2.46. The molecule has 4 aromatic rings. The van der Waals surface area contributed by atoms with Crippen LogP contribution in [0.25, 0.3) is 22.3 Å². The van der Waals surface area contributed by atoms with Crippen LogP contribution in [-0.4, -0.2) is 113 Å². The van der Waals surface area contributed by atoms with Crippen molar-refractivity contribution in [1.29, 1.82) is 0 Å². The van der Waals surface area contributed by atoms with Crippen molar-refractivity contribution >= 4 is 66.0 Å². The maximum Gasteiger partial charge on any atom is 0.312 e. The monoisotopic (exact) mass is 1430 g/mol. The molecule has 2 saturated heterocycles. The van der Waals surface area contributed by atoms with Gasteiger partial charge in [0.15, 0.2) is 53.5 Å². The standard InChI is InChI=1S/C42H70FN5O5Si.C36H56FN5O5/c1-9-12-14-16-18-19-20-21-23-24-26-28-34(49)45-38-37-39(47-40(43)46-38)48(32-44-37)35-30-33(53-54(7,8)41(4,5)6)42(11-3,52-35)31-51-36(50)29-27-25-22-17-15-13-10-2;1-4-7-9-11-13-14-15-16-18-19-21-23-29(44)39-33-32-34(41-35(37)40-33)42(27-38-32)30-25-28(43)36(6-3,47-30)26-46-31(45)24-22-20-17-12-10-8-5-2/h3,32-33,35H,9-10,12-31H2,1-2,4-8H3,(H,45,46,47,49);3,27-28,30,43H,4-5,7-26H2,1-2H3,(H,39,40,41,44)/t33-,35+,42+;28-,30+,36+/m00/s1. The van der Waals surface area contributed by atoms with Gasteiger partial charge in [0.05, 0.1) is 18.8 Å². The van der Waals surface area contributed by atoms with Crippen LogP contribution in [0.2, 0.25) is 18.1 Å². The lowest BCUT2D eigenvalue weighted by molar-refractivity contribution is -0.156. The minimum absolute atomic E-state index is 0.0129. The minimum atomic E-state index is -2.38. The van der Waals surface area contributed by atoms with E-state index in [9.17, 15) is 33.1 Å². The van der Waals surface area contributed by atoms with Crippen molar-refractivity contribution in [2.45, 2.75) is 372 Å². The molecule has 0 bridgehead atoms. The number of nitrogens with zero attached hydrogens (tertiary/aromatic N) is 8. The summed E-state index contributed by atoms with van der Waals surface area (Å²) in [5, 5.41) is 16.2. The predicted octanol–water partition coefficient (Wildman–Crippen LogP) is 18.9. The summed E-state index contributed by atoms with van der Waals surface area (Å²) < 4.78 is 63.2. The quantitative estimate of drug-likeness (QED) is 0.0122. The number of aliphatic hydroxyl groups is 1. The molecule has 0 aromatic carbocycles. The fourth-order valence-corrected chi connectivity index (χ4v) is 14.1. The van der Waals surface area contributed by atoms with E-state index in [0.29, 0.717) is 25.7 Å². The van der Waals surface area contributed by atoms with Gasteiger partial charge in [-0.1, -0.05) is 266 Å². The molecule has 101 heavy (non-hydrogen) atoms. The number of aromatic nitrogens is 8. The molecular weight excluding hydrogens is 1300 g/mol. The van der Waals surface area contributed by atoms with Gasteiger partial charge in [-0.05, 0) is 43.8 Å². The largest absolute Gasteiger partial charge is 0.461 e. The van der Waals surface area contributed by atoms with Crippen LogP contribution in [0.1, 0.15) is 331 Å². The Morgan fingerprint density at radius 2 is 0.842 bits per heavy atom. The normalized spacial score (nSPS) is 19.1. The van der Waals surface area contributed by atoms with Gasteiger partial charge in [-0.15, -0.1) is 12.8 Å². The molecule has 566 valence electrons. The summed E-state index contributed by atoms with van der Waals surface area (Å²) in [6, 6.07) is 0. The van der Waals surface area contributed by atoms with E-state index in [1.807, 2.05) is 0 Å². The number of esters is 2. The van der Waals surface area contributed by atoms with E-state index in [4.69, 9.17) is 36.2 Å². The average molecular weight is 1430 g/mol. The first-order chi connectivity index (χ1) is 48.6. The van der Waals surface area contributed by atoms with E-state index in [1.54, 1.807) is 4.57 Å². The molecule has 2 fully saturated rings. The second kappa shape index (κ2) is 46.0. The number of anilines is 2. The number of terminal acetylenes is 2. The maximum absolute atomic E-state index is 14.9. The van der Waals surface area contributed by atoms with Crippen molar-refractivity contribution < 1.29 is 56.4 Å². The first-order valence-corrected chi connectivity index (χ1v) is 41.9. The molecule has 0 radical (unpaired) electrons. The van der Waals surface area contributed by atoms with E-state index < -0.39 is 62.3 Å². The third kappa shape index (κ3) is 28.9. The van der Waals surface area contributed by atoms with Crippen LogP contribution in [0, 0.1) is 36.8 Å². The zero-order chi connectivity index (χ0) is 73.5. The molecule has 2 aliphatic rings. The topological polar surface area (TPSA) is 246 Å². The fourth-order valence-electron chi connectivity index (χ4n) is 12.7. The van der Waals surface area contributed by atoms with Gasteiger partial charge in [0.2, 0.25) is 11.8 Å². The first kappa shape index (κ1) is 85.7. The second-order valence-electron chi connectivity index (χ2n) is 29.6. The molecule has 6 atom stereocenters. The van der Waals surface area contributed by atoms with Crippen molar-refractivity contribution in [2.24, 2.45) is 0 Å². The van der Waals surface area contributed by atoms with Crippen LogP contribution in [0.15, 0.2) is 12.7 Å². The summed E-state index contributed by atoms with van der Waals surface area (Å²) >= 11 is 0. The summed E-state index contributed by atoms with van der Waals surface area (Å²) in [5.41, 5.74) is -2.28. The molecule has 0 spiro atoms. The Kier molecular flexibility index (Phi) is 39.0. The zero-order valence-electron chi connectivity index (χ0n) is 63.2. The van der Waals surface area contributed by atoms with Gasteiger partial charge in [0, 0.05) is 38.5 Å². The number of halogens is 2. The summed E-state index contributed by atoms with van der Waals surface area (Å²) in [4.78, 5) is 75.2. The molecule has 6 rings (SSSR count). The van der Waals surface area contributed by atoms with E-state index in [1.165, 1.54) is 165 Å². The van der Waals surface area contributed by atoms with Crippen LogP contribution >= 0.6 is 0 Å². The Morgan fingerprint density at radius 3 is 1.19 bits per heavy atom. The smallest absolute Gasteiger partial charge is 0.312 e. The summed E-state index contributed by atoms with van der Waals surface area (Å²) in [6.07, 6.45) is 52.2. The van der Waals surface area contributed by atoms with Gasteiger partial charge in [-0.2, -0.15) is 28.7 Å². The highest BCUT2D eigenvalue weighted by molar-refractivity contribution is 6.74. The Labute approximate surface area is 604 Å². The Bertz CT molecular complexity index is 3180. The minimum Gasteiger partial charge on any atom is -0.461 e. The molecule has 20 nitrogen and oxygen atoms in total. The summed E-state index contributed by atoms with van der Waals surface area (Å²) in [7, 11) is -2.38. The number of imidazole rings is 2. The molecule has 0 aliphatic carbocycles. The molecule has 2 aliphatic heterocycles. The van der Waals surface area contributed by atoms with E-state index >= 15 is 0 Å².